The van der Waals surface area contributed by atoms with Gasteiger partial charge in [0.2, 0.25) is 0 Å². The van der Waals surface area contributed by atoms with Gasteiger partial charge in [0.25, 0.3) is 0 Å². The number of rotatable bonds is 4. The molecule has 2 rings (SSSR count). The van der Waals surface area contributed by atoms with Crippen LogP contribution in [0.1, 0.15) is 24.2 Å². The van der Waals surface area contributed by atoms with Crippen molar-refractivity contribution >= 4 is 0 Å². The molecule has 0 amide bonds. The SMILES string of the molecule is CC(N)c1cccc(OCc2ccccn2)c1. The molecule has 0 radical (unpaired) electrons. The molecule has 0 saturated heterocycles. The lowest BCUT2D eigenvalue weighted by atomic mass is 10.1. The molecule has 1 unspecified atom stereocenters. The quantitative estimate of drug-likeness (QED) is 0.875. The van der Waals surface area contributed by atoms with Crippen molar-refractivity contribution in [2.75, 3.05) is 0 Å². The lowest BCUT2D eigenvalue weighted by molar-refractivity contribution is 0.301. The zero-order chi connectivity index (χ0) is 12.1. The highest BCUT2D eigenvalue weighted by Gasteiger charge is 2.01. The van der Waals surface area contributed by atoms with Crippen LogP contribution in [0.3, 0.4) is 0 Å². The Hall–Kier alpha value is -1.87. The van der Waals surface area contributed by atoms with E-state index in [2.05, 4.69) is 4.98 Å². The fraction of sp³-hybridized carbons (Fsp3) is 0.214. The predicted molar refractivity (Wildman–Crippen MR) is 67.6 cm³/mol. The fourth-order valence-electron chi connectivity index (χ4n) is 1.53. The summed E-state index contributed by atoms with van der Waals surface area (Å²) >= 11 is 0. The van der Waals surface area contributed by atoms with E-state index in [0.29, 0.717) is 6.61 Å². The van der Waals surface area contributed by atoms with Gasteiger partial charge >= 0.3 is 0 Å². The van der Waals surface area contributed by atoms with E-state index >= 15 is 0 Å². The number of nitrogens with zero attached hydrogens (tertiary/aromatic N) is 1. The Labute approximate surface area is 101 Å². The Morgan fingerprint density at radius 2 is 2.12 bits per heavy atom. The zero-order valence-electron chi connectivity index (χ0n) is 9.84. The number of ether oxygens (including phenoxy) is 1. The molecule has 0 aliphatic carbocycles. The minimum atomic E-state index is 0.0217. The van der Waals surface area contributed by atoms with Crippen molar-refractivity contribution in [2.24, 2.45) is 5.73 Å². The number of aromatic nitrogens is 1. The lowest BCUT2D eigenvalue weighted by Gasteiger charge is -2.09. The minimum absolute atomic E-state index is 0.0217. The van der Waals surface area contributed by atoms with E-state index in [1.54, 1.807) is 6.20 Å². The van der Waals surface area contributed by atoms with Crippen LogP contribution in [-0.4, -0.2) is 4.98 Å². The normalized spacial score (nSPS) is 12.1. The Morgan fingerprint density at radius 1 is 1.24 bits per heavy atom. The zero-order valence-corrected chi connectivity index (χ0v) is 9.84. The van der Waals surface area contributed by atoms with Crippen LogP contribution in [0.4, 0.5) is 0 Å². The second-order valence-corrected chi connectivity index (χ2v) is 3.97. The van der Waals surface area contributed by atoms with Crippen LogP contribution in [-0.2, 0) is 6.61 Å². The number of hydrogen-bond donors (Lipinski definition) is 1. The average molecular weight is 228 g/mol. The third-order valence-electron chi connectivity index (χ3n) is 2.50. The minimum Gasteiger partial charge on any atom is -0.487 e. The smallest absolute Gasteiger partial charge is 0.130 e. The molecule has 1 aromatic carbocycles. The molecule has 0 spiro atoms. The third-order valence-corrected chi connectivity index (χ3v) is 2.50. The summed E-state index contributed by atoms with van der Waals surface area (Å²) < 4.78 is 5.66. The topological polar surface area (TPSA) is 48.1 Å². The van der Waals surface area contributed by atoms with E-state index in [1.165, 1.54) is 0 Å². The average Bonchev–Trinajstić information content (AvgIpc) is 2.38. The van der Waals surface area contributed by atoms with Gasteiger partial charge in [0, 0.05) is 12.2 Å². The Balaban J connectivity index is 2.02. The second kappa shape index (κ2) is 5.46. The van der Waals surface area contributed by atoms with Gasteiger partial charge in [-0.25, -0.2) is 0 Å². The molecule has 1 atom stereocenters. The first kappa shape index (κ1) is 11.6. The first-order valence-corrected chi connectivity index (χ1v) is 5.64. The largest absolute Gasteiger partial charge is 0.487 e. The van der Waals surface area contributed by atoms with Crippen molar-refractivity contribution in [2.45, 2.75) is 19.6 Å². The van der Waals surface area contributed by atoms with Crippen LogP contribution >= 0.6 is 0 Å². The molecule has 17 heavy (non-hydrogen) atoms. The summed E-state index contributed by atoms with van der Waals surface area (Å²) in [6.45, 7) is 2.43. The summed E-state index contributed by atoms with van der Waals surface area (Å²) in [5, 5.41) is 0. The summed E-state index contributed by atoms with van der Waals surface area (Å²) in [5.74, 6) is 0.824. The molecule has 0 saturated carbocycles. The lowest BCUT2D eigenvalue weighted by Crippen LogP contribution is -2.05. The van der Waals surface area contributed by atoms with E-state index in [4.69, 9.17) is 10.5 Å². The molecular weight excluding hydrogens is 212 g/mol. The van der Waals surface area contributed by atoms with Crippen LogP contribution in [0.5, 0.6) is 5.75 Å². The van der Waals surface area contributed by atoms with Crippen molar-refractivity contribution < 1.29 is 4.74 Å². The summed E-state index contributed by atoms with van der Waals surface area (Å²) in [5.41, 5.74) is 7.81. The van der Waals surface area contributed by atoms with Crippen molar-refractivity contribution in [1.82, 2.24) is 4.98 Å². The molecule has 0 fully saturated rings. The maximum absolute atomic E-state index is 5.82. The van der Waals surface area contributed by atoms with Gasteiger partial charge in [0.15, 0.2) is 0 Å². The summed E-state index contributed by atoms with van der Waals surface area (Å²) in [6.07, 6.45) is 1.76. The van der Waals surface area contributed by atoms with Crippen LogP contribution < -0.4 is 10.5 Å². The van der Waals surface area contributed by atoms with Gasteiger partial charge in [-0.2, -0.15) is 0 Å². The predicted octanol–water partition coefficient (Wildman–Crippen LogP) is 2.68. The van der Waals surface area contributed by atoms with Gasteiger partial charge < -0.3 is 10.5 Å². The molecule has 0 aliphatic heterocycles. The molecule has 1 heterocycles. The van der Waals surface area contributed by atoms with Crippen LogP contribution in [0.2, 0.25) is 0 Å². The van der Waals surface area contributed by atoms with Gasteiger partial charge in [-0.1, -0.05) is 18.2 Å². The van der Waals surface area contributed by atoms with E-state index in [9.17, 15) is 0 Å². The maximum atomic E-state index is 5.82. The Morgan fingerprint density at radius 3 is 2.82 bits per heavy atom. The third kappa shape index (κ3) is 3.29. The number of hydrogen-bond acceptors (Lipinski definition) is 3. The molecule has 3 nitrogen and oxygen atoms in total. The Bertz CT molecular complexity index is 469. The fourth-order valence-corrected chi connectivity index (χ4v) is 1.53. The van der Waals surface area contributed by atoms with Crippen LogP contribution in [0, 0.1) is 0 Å². The molecule has 1 aromatic heterocycles. The van der Waals surface area contributed by atoms with E-state index in [1.807, 2.05) is 49.4 Å². The monoisotopic (exact) mass is 228 g/mol. The molecule has 2 N–H and O–H groups in total. The summed E-state index contributed by atoms with van der Waals surface area (Å²) in [7, 11) is 0. The standard InChI is InChI=1S/C14H16N2O/c1-11(15)12-5-4-7-14(9-12)17-10-13-6-2-3-8-16-13/h2-9,11H,10,15H2,1H3. The van der Waals surface area contributed by atoms with Gasteiger partial charge in [-0.3, -0.25) is 4.98 Å². The van der Waals surface area contributed by atoms with Crippen LogP contribution in [0.15, 0.2) is 48.7 Å². The first-order valence-electron chi connectivity index (χ1n) is 5.64. The van der Waals surface area contributed by atoms with E-state index < -0.39 is 0 Å². The van der Waals surface area contributed by atoms with Gasteiger partial charge in [-0.15, -0.1) is 0 Å². The highest BCUT2D eigenvalue weighted by Crippen LogP contribution is 2.18. The van der Waals surface area contributed by atoms with Gasteiger partial charge in [0.1, 0.15) is 12.4 Å². The maximum Gasteiger partial charge on any atom is 0.130 e. The molecule has 0 bridgehead atoms. The Kier molecular flexibility index (Phi) is 3.73. The highest BCUT2D eigenvalue weighted by molar-refractivity contribution is 5.30. The van der Waals surface area contributed by atoms with Crippen molar-refractivity contribution in [3.05, 3.63) is 59.9 Å². The number of nitrogens with two attached hydrogens (primary N) is 1. The second-order valence-electron chi connectivity index (χ2n) is 3.97. The summed E-state index contributed by atoms with van der Waals surface area (Å²) in [4.78, 5) is 4.20. The first-order chi connectivity index (χ1) is 8.25. The molecule has 3 heteroatoms. The van der Waals surface area contributed by atoms with Crippen molar-refractivity contribution in [1.29, 1.82) is 0 Å². The van der Waals surface area contributed by atoms with E-state index in [0.717, 1.165) is 17.0 Å². The van der Waals surface area contributed by atoms with Gasteiger partial charge in [-0.05, 0) is 36.8 Å². The molecule has 2 aromatic rings. The molecular formula is C14H16N2O. The molecule has 0 aliphatic rings. The number of pyridine rings is 1. The highest BCUT2D eigenvalue weighted by atomic mass is 16.5. The van der Waals surface area contributed by atoms with Gasteiger partial charge in [0.05, 0.1) is 5.69 Å². The van der Waals surface area contributed by atoms with Crippen molar-refractivity contribution in [3.63, 3.8) is 0 Å². The molecule has 88 valence electrons. The summed E-state index contributed by atoms with van der Waals surface area (Å²) in [6, 6.07) is 13.6. The number of benzene rings is 1. The van der Waals surface area contributed by atoms with E-state index in [-0.39, 0.29) is 6.04 Å². The van der Waals surface area contributed by atoms with Crippen molar-refractivity contribution in [3.8, 4) is 5.75 Å². The van der Waals surface area contributed by atoms with Crippen LogP contribution in [0.25, 0.3) is 0 Å².